The van der Waals surface area contributed by atoms with E-state index in [1.54, 1.807) is 0 Å². The second kappa shape index (κ2) is 6.34. The molecule has 2 aromatic rings. The van der Waals surface area contributed by atoms with Crippen LogP contribution < -0.4 is 15.2 Å². The van der Waals surface area contributed by atoms with Crippen LogP contribution in [0.5, 0.6) is 11.8 Å². The van der Waals surface area contributed by atoms with E-state index in [-0.39, 0.29) is 28.3 Å². The average Bonchev–Trinajstić information content (AvgIpc) is 2.49. The zero-order chi connectivity index (χ0) is 15.6. The molecule has 0 amide bonds. The van der Waals surface area contributed by atoms with Crippen LogP contribution in [0.1, 0.15) is 17.5 Å². The number of benzene rings is 1. The molecule has 6 nitrogen and oxygen atoms in total. The van der Waals surface area contributed by atoms with E-state index in [9.17, 15) is 5.11 Å². The van der Waals surface area contributed by atoms with Crippen molar-refractivity contribution in [1.29, 1.82) is 0 Å². The van der Waals surface area contributed by atoms with Crippen LogP contribution in [0.4, 0.5) is 5.69 Å². The second-order valence-corrected chi connectivity index (χ2v) is 4.95. The molecule has 1 aromatic carbocycles. The van der Waals surface area contributed by atoms with Crippen molar-refractivity contribution in [1.82, 2.24) is 9.97 Å². The van der Waals surface area contributed by atoms with Gasteiger partial charge in [0.15, 0.2) is 5.82 Å². The number of nitrogens with zero attached hydrogens (tertiary/aromatic N) is 2. The Bertz CT molecular complexity index is 645. The van der Waals surface area contributed by atoms with Crippen LogP contribution in [-0.2, 0) is 0 Å². The molecule has 1 aromatic heterocycles. The summed E-state index contributed by atoms with van der Waals surface area (Å²) in [6.45, 7) is 0. The molecule has 2 rings (SSSR count). The molecular weight excluding hydrogens is 317 g/mol. The first kappa shape index (κ1) is 15.6. The Morgan fingerprint density at radius 1 is 1.10 bits per heavy atom. The number of aliphatic hydroxyl groups is 1. The van der Waals surface area contributed by atoms with Gasteiger partial charge >= 0.3 is 0 Å². The highest BCUT2D eigenvalue weighted by Crippen LogP contribution is 2.34. The van der Waals surface area contributed by atoms with Gasteiger partial charge in [0.05, 0.1) is 31.0 Å². The lowest BCUT2D eigenvalue weighted by Gasteiger charge is -2.15. The number of hydrogen-bond acceptors (Lipinski definition) is 6. The summed E-state index contributed by atoms with van der Waals surface area (Å²) in [4.78, 5) is 8.14. The van der Waals surface area contributed by atoms with Crippen LogP contribution in [0.2, 0.25) is 10.0 Å². The Labute approximate surface area is 131 Å². The lowest BCUT2D eigenvalue weighted by atomic mass is 10.1. The van der Waals surface area contributed by atoms with E-state index in [1.807, 2.05) is 0 Å². The smallest absolute Gasteiger partial charge is 0.220 e. The van der Waals surface area contributed by atoms with Crippen molar-refractivity contribution in [3.63, 3.8) is 0 Å². The quantitative estimate of drug-likeness (QED) is 0.837. The number of rotatable bonds is 4. The van der Waals surface area contributed by atoms with Gasteiger partial charge in [0, 0.05) is 10.6 Å². The topological polar surface area (TPSA) is 90.5 Å². The molecule has 8 heteroatoms. The molecule has 21 heavy (non-hydrogen) atoms. The fourth-order valence-corrected chi connectivity index (χ4v) is 2.23. The molecule has 0 bridgehead atoms. The minimum atomic E-state index is -1.22. The largest absolute Gasteiger partial charge is 0.481 e. The number of aliphatic hydroxyl groups excluding tert-OH is 1. The predicted octanol–water partition coefficient (Wildman–Crippen LogP) is 2.46. The van der Waals surface area contributed by atoms with E-state index >= 15 is 0 Å². The lowest BCUT2D eigenvalue weighted by molar-refractivity contribution is 0.206. The number of anilines is 1. The van der Waals surface area contributed by atoms with Crippen molar-refractivity contribution >= 4 is 28.9 Å². The van der Waals surface area contributed by atoms with Crippen LogP contribution in [0.3, 0.4) is 0 Å². The van der Waals surface area contributed by atoms with Gasteiger partial charge in [-0.1, -0.05) is 23.2 Å². The van der Waals surface area contributed by atoms with Crippen LogP contribution in [0, 0.1) is 0 Å². The third kappa shape index (κ3) is 3.29. The van der Waals surface area contributed by atoms with Crippen molar-refractivity contribution in [3.8, 4) is 11.8 Å². The van der Waals surface area contributed by atoms with Crippen molar-refractivity contribution in [2.24, 2.45) is 0 Å². The minimum Gasteiger partial charge on any atom is -0.481 e. The molecule has 0 radical (unpaired) electrons. The molecule has 3 N–H and O–H groups in total. The number of hydrogen-bond donors (Lipinski definition) is 2. The number of nitrogens with two attached hydrogens (primary N) is 1. The van der Waals surface area contributed by atoms with E-state index in [0.29, 0.717) is 10.6 Å². The van der Waals surface area contributed by atoms with Gasteiger partial charge in [-0.2, -0.15) is 9.97 Å². The third-order valence-corrected chi connectivity index (χ3v) is 3.31. The first-order chi connectivity index (χ1) is 9.96. The van der Waals surface area contributed by atoms with Crippen LogP contribution >= 0.6 is 23.2 Å². The van der Waals surface area contributed by atoms with Crippen molar-refractivity contribution in [2.45, 2.75) is 6.10 Å². The number of nitrogen functional groups attached to an aromatic ring is 1. The number of aromatic nitrogens is 2. The summed E-state index contributed by atoms with van der Waals surface area (Å²) >= 11 is 11.9. The average molecular weight is 330 g/mol. The molecule has 0 saturated carbocycles. The van der Waals surface area contributed by atoms with Gasteiger partial charge < -0.3 is 20.3 Å². The Hall–Kier alpha value is -1.76. The molecule has 0 aliphatic heterocycles. The van der Waals surface area contributed by atoms with Crippen LogP contribution in [0.25, 0.3) is 0 Å². The fourth-order valence-electron chi connectivity index (χ4n) is 1.72. The van der Waals surface area contributed by atoms with Gasteiger partial charge in [-0.15, -0.1) is 0 Å². The summed E-state index contributed by atoms with van der Waals surface area (Å²) in [6.07, 6.45) is -1.22. The Kier molecular flexibility index (Phi) is 4.72. The first-order valence-corrected chi connectivity index (χ1v) is 6.61. The van der Waals surface area contributed by atoms with Gasteiger partial charge in [0.1, 0.15) is 6.10 Å². The predicted molar refractivity (Wildman–Crippen MR) is 80.1 cm³/mol. The first-order valence-electron chi connectivity index (χ1n) is 5.85. The van der Waals surface area contributed by atoms with Crippen molar-refractivity contribution in [2.75, 3.05) is 20.0 Å². The lowest BCUT2D eigenvalue weighted by Crippen LogP contribution is -2.10. The summed E-state index contributed by atoms with van der Waals surface area (Å²) in [7, 11) is 2.89. The molecule has 0 aliphatic rings. The second-order valence-electron chi connectivity index (χ2n) is 4.10. The van der Waals surface area contributed by atoms with Gasteiger partial charge in [-0.3, -0.25) is 0 Å². The zero-order valence-corrected chi connectivity index (χ0v) is 12.8. The number of methoxy groups -OCH3 is 2. The van der Waals surface area contributed by atoms with E-state index < -0.39 is 6.10 Å². The molecule has 0 fully saturated rings. The van der Waals surface area contributed by atoms with E-state index in [1.165, 1.54) is 32.4 Å². The number of ether oxygens (including phenoxy) is 2. The SMILES string of the molecule is COc1cc(OC)nc(C(O)c2cc(Cl)cc(Cl)c2N)n1. The molecule has 1 unspecified atom stereocenters. The normalized spacial score (nSPS) is 12.0. The monoisotopic (exact) mass is 329 g/mol. The maximum Gasteiger partial charge on any atom is 0.220 e. The Morgan fingerprint density at radius 2 is 1.67 bits per heavy atom. The molecule has 1 heterocycles. The summed E-state index contributed by atoms with van der Waals surface area (Å²) < 4.78 is 10.1. The number of halogens is 2. The van der Waals surface area contributed by atoms with Crippen LogP contribution in [-0.4, -0.2) is 29.3 Å². The van der Waals surface area contributed by atoms with E-state index in [2.05, 4.69) is 9.97 Å². The minimum absolute atomic E-state index is 0.0660. The van der Waals surface area contributed by atoms with E-state index in [0.717, 1.165) is 0 Å². The van der Waals surface area contributed by atoms with Gasteiger partial charge in [-0.05, 0) is 12.1 Å². The highest BCUT2D eigenvalue weighted by Gasteiger charge is 2.21. The highest BCUT2D eigenvalue weighted by molar-refractivity contribution is 6.36. The van der Waals surface area contributed by atoms with Crippen LogP contribution in [0.15, 0.2) is 18.2 Å². The molecule has 0 spiro atoms. The van der Waals surface area contributed by atoms with Gasteiger partial charge in [0.25, 0.3) is 0 Å². The third-order valence-electron chi connectivity index (χ3n) is 2.78. The van der Waals surface area contributed by atoms with Gasteiger partial charge in [0.2, 0.25) is 11.8 Å². The molecule has 0 saturated heterocycles. The molecular formula is C13H13Cl2N3O3. The highest BCUT2D eigenvalue weighted by atomic mass is 35.5. The zero-order valence-electron chi connectivity index (χ0n) is 11.3. The summed E-state index contributed by atoms with van der Waals surface area (Å²) in [5.74, 6) is 0.571. The molecule has 1 atom stereocenters. The van der Waals surface area contributed by atoms with Crippen molar-refractivity contribution < 1.29 is 14.6 Å². The summed E-state index contributed by atoms with van der Waals surface area (Å²) in [5.41, 5.74) is 6.38. The molecule has 112 valence electrons. The standard InChI is InChI=1S/C13H13Cl2N3O3/c1-20-9-5-10(21-2)18-13(17-9)12(19)7-3-6(14)4-8(15)11(7)16/h3-5,12,19H,16H2,1-2H3. The Morgan fingerprint density at radius 3 is 2.19 bits per heavy atom. The van der Waals surface area contributed by atoms with E-state index in [4.69, 9.17) is 38.4 Å². The molecule has 0 aliphatic carbocycles. The summed E-state index contributed by atoms with van der Waals surface area (Å²) in [5, 5.41) is 11.0. The maximum atomic E-state index is 10.4. The maximum absolute atomic E-state index is 10.4. The fraction of sp³-hybridized carbons (Fsp3) is 0.231. The van der Waals surface area contributed by atoms with Gasteiger partial charge in [-0.25, -0.2) is 0 Å². The Balaban J connectivity index is 2.51. The van der Waals surface area contributed by atoms with Crippen molar-refractivity contribution in [3.05, 3.63) is 39.6 Å². The summed E-state index contributed by atoms with van der Waals surface area (Å²) in [6, 6.07) is 4.48.